The molecule has 0 radical (unpaired) electrons. The Morgan fingerprint density at radius 1 is 1.16 bits per heavy atom. The van der Waals surface area contributed by atoms with Crippen molar-refractivity contribution in [1.29, 1.82) is 0 Å². The van der Waals surface area contributed by atoms with Gasteiger partial charge in [0.15, 0.2) is 12.1 Å². The number of fused-ring (bicyclic) bond motifs is 2. The van der Waals surface area contributed by atoms with Gasteiger partial charge in [0.25, 0.3) is 5.91 Å². The molecule has 0 saturated carbocycles. The number of halogens is 1. The van der Waals surface area contributed by atoms with Crippen LogP contribution in [0.15, 0.2) is 42.6 Å². The van der Waals surface area contributed by atoms with Gasteiger partial charge in [0.05, 0.1) is 25.3 Å². The van der Waals surface area contributed by atoms with Crippen LogP contribution < -0.4 is 4.74 Å². The first-order chi connectivity index (χ1) is 15.5. The van der Waals surface area contributed by atoms with E-state index >= 15 is 0 Å². The molecule has 0 spiro atoms. The number of rotatable bonds is 9. The number of aromatic nitrogens is 1. The van der Waals surface area contributed by atoms with Gasteiger partial charge in [0.2, 0.25) is 8.38 Å². The molecule has 0 saturated heterocycles. The van der Waals surface area contributed by atoms with Crippen molar-refractivity contribution in [2.45, 2.75) is 26.9 Å². The maximum atomic E-state index is 13.3. The molecule has 1 amide bonds. The molecule has 32 heavy (non-hydrogen) atoms. The summed E-state index contributed by atoms with van der Waals surface area (Å²) in [5.41, 5.74) is 1.87. The van der Waals surface area contributed by atoms with Gasteiger partial charge in [0, 0.05) is 23.7 Å². The van der Waals surface area contributed by atoms with E-state index in [-0.39, 0.29) is 42.5 Å². The summed E-state index contributed by atoms with van der Waals surface area (Å²) in [5.74, 6) is -0.333. The predicted octanol–water partition coefficient (Wildman–Crippen LogP) is 4.96. The number of aromatic hydroxyl groups is 1. The number of benzene rings is 2. The second-order valence-corrected chi connectivity index (χ2v) is 8.60. The Morgan fingerprint density at radius 2 is 1.88 bits per heavy atom. The first-order valence-electron chi connectivity index (χ1n) is 10.4. The molecular formula is C23H24FN2O5P. The van der Waals surface area contributed by atoms with Crippen molar-refractivity contribution >= 4 is 25.2 Å². The lowest BCUT2D eigenvalue weighted by atomic mass is 10.0. The molecule has 2 aromatic carbocycles. The average Bonchev–Trinajstić information content (AvgIpc) is 3.11. The van der Waals surface area contributed by atoms with E-state index in [0.29, 0.717) is 35.4 Å². The molecule has 2 heterocycles. The maximum Gasteiger partial charge on any atom is 0.258 e. The molecule has 0 atom stereocenters. The molecule has 0 fully saturated rings. The maximum absolute atomic E-state index is 13.3. The number of ether oxygens (including phenoxy) is 1. The van der Waals surface area contributed by atoms with E-state index in [4.69, 9.17) is 13.8 Å². The molecular weight excluding hydrogens is 434 g/mol. The number of carbonyl (C=O) groups is 1. The van der Waals surface area contributed by atoms with Gasteiger partial charge in [-0.05, 0) is 43.7 Å². The Bertz CT molecular complexity index is 1120. The molecule has 7 nitrogen and oxygen atoms in total. The predicted molar refractivity (Wildman–Crippen MR) is 119 cm³/mol. The number of amides is 1. The van der Waals surface area contributed by atoms with E-state index in [1.807, 2.05) is 13.8 Å². The molecule has 4 rings (SSSR count). The highest BCUT2D eigenvalue weighted by atomic mass is 31.2. The number of carbonyl (C=O) groups excluding carboxylic acids is 1. The molecule has 168 valence electrons. The highest BCUT2D eigenvalue weighted by molar-refractivity contribution is 7.47. The van der Waals surface area contributed by atoms with Crippen molar-refractivity contribution < 1.29 is 28.1 Å². The van der Waals surface area contributed by atoms with Gasteiger partial charge < -0.3 is 23.8 Å². The minimum Gasteiger partial charge on any atom is -0.505 e. The average molecular weight is 458 g/mol. The fourth-order valence-electron chi connectivity index (χ4n) is 3.74. The van der Waals surface area contributed by atoms with Crippen LogP contribution in [-0.2, 0) is 22.1 Å². The van der Waals surface area contributed by atoms with Gasteiger partial charge in [0.1, 0.15) is 17.1 Å². The van der Waals surface area contributed by atoms with Crippen molar-refractivity contribution in [2.24, 2.45) is 0 Å². The zero-order chi connectivity index (χ0) is 22.7. The summed E-state index contributed by atoms with van der Waals surface area (Å²) < 4.78 is 30.7. The SMILES string of the molecule is CCOP(COc1c2c(c(O)c3ncccc13)C(=O)N(Cc1ccc(F)cc1)C2)OCC. The first kappa shape index (κ1) is 22.4. The summed E-state index contributed by atoms with van der Waals surface area (Å²) in [5, 5.41) is 11.5. The standard InChI is InChI=1S/C23H24FN2O5P/c1-3-30-32(31-4-2)14-29-22-17-6-5-11-25-20(17)21(27)19-18(22)13-26(23(19)28)12-15-7-9-16(24)10-8-15/h5-11,27H,3-4,12-14H2,1-2H3. The monoisotopic (exact) mass is 458 g/mol. The third-order valence-electron chi connectivity index (χ3n) is 5.09. The zero-order valence-corrected chi connectivity index (χ0v) is 18.8. The summed E-state index contributed by atoms with van der Waals surface area (Å²) in [4.78, 5) is 19.1. The number of pyridine rings is 1. The van der Waals surface area contributed by atoms with Crippen LogP contribution in [0.5, 0.6) is 11.5 Å². The van der Waals surface area contributed by atoms with Crippen molar-refractivity contribution in [1.82, 2.24) is 9.88 Å². The van der Waals surface area contributed by atoms with Crippen LogP contribution in [0.4, 0.5) is 4.39 Å². The van der Waals surface area contributed by atoms with Crippen LogP contribution in [0.1, 0.15) is 35.3 Å². The number of nitrogens with zero attached hydrogens (tertiary/aromatic N) is 2. The van der Waals surface area contributed by atoms with Gasteiger partial charge in [-0.2, -0.15) is 0 Å². The Morgan fingerprint density at radius 3 is 2.56 bits per heavy atom. The van der Waals surface area contributed by atoms with Gasteiger partial charge in [-0.3, -0.25) is 9.78 Å². The second kappa shape index (κ2) is 9.77. The molecule has 0 bridgehead atoms. The van der Waals surface area contributed by atoms with Gasteiger partial charge in [-0.15, -0.1) is 0 Å². The van der Waals surface area contributed by atoms with E-state index in [9.17, 15) is 14.3 Å². The molecule has 1 aromatic heterocycles. The van der Waals surface area contributed by atoms with Gasteiger partial charge in [-0.1, -0.05) is 12.1 Å². The molecule has 1 aliphatic rings. The lowest BCUT2D eigenvalue weighted by Crippen LogP contribution is -2.23. The molecule has 0 aliphatic carbocycles. The van der Waals surface area contributed by atoms with Crippen LogP contribution >= 0.6 is 8.38 Å². The van der Waals surface area contributed by atoms with Crippen LogP contribution in [0.25, 0.3) is 10.9 Å². The van der Waals surface area contributed by atoms with Crippen LogP contribution in [0.3, 0.4) is 0 Å². The summed E-state index contributed by atoms with van der Waals surface area (Å²) >= 11 is 0. The Balaban J connectivity index is 1.70. The molecule has 0 unspecified atom stereocenters. The minimum absolute atomic E-state index is 0.161. The molecule has 1 aliphatic heterocycles. The summed E-state index contributed by atoms with van der Waals surface area (Å²) in [6.07, 6.45) is 1.74. The Kier molecular flexibility index (Phi) is 6.84. The number of phenolic OH excluding ortho intramolecular Hbond substituents is 1. The van der Waals surface area contributed by atoms with Crippen molar-refractivity contribution in [2.75, 3.05) is 19.6 Å². The van der Waals surface area contributed by atoms with Gasteiger partial charge in [-0.25, -0.2) is 4.39 Å². The third kappa shape index (κ3) is 4.39. The summed E-state index contributed by atoms with van der Waals surface area (Å²) in [7, 11) is -1.26. The normalized spacial score (nSPS) is 13.2. The number of phenols is 1. The van der Waals surface area contributed by atoms with Crippen LogP contribution in [-0.4, -0.2) is 40.5 Å². The molecule has 1 N–H and O–H groups in total. The smallest absolute Gasteiger partial charge is 0.258 e. The summed E-state index contributed by atoms with van der Waals surface area (Å²) in [6.45, 7) is 5.29. The van der Waals surface area contributed by atoms with Crippen molar-refractivity contribution in [3.05, 3.63) is 65.1 Å². The van der Waals surface area contributed by atoms with E-state index in [2.05, 4.69) is 4.98 Å². The zero-order valence-electron chi connectivity index (χ0n) is 17.9. The highest BCUT2D eigenvalue weighted by Crippen LogP contribution is 2.46. The van der Waals surface area contributed by atoms with E-state index in [0.717, 1.165) is 5.56 Å². The topological polar surface area (TPSA) is 81.1 Å². The number of hydrogen-bond donors (Lipinski definition) is 1. The third-order valence-corrected chi connectivity index (χ3v) is 6.52. The minimum atomic E-state index is -1.26. The second-order valence-electron chi connectivity index (χ2n) is 7.16. The fourth-order valence-corrected chi connectivity index (χ4v) is 4.77. The first-order valence-corrected chi connectivity index (χ1v) is 11.7. The quantitative estimate of drug-likeness (QED) is 0.457. The molecule has 3 aromatic rings. The van der Waals surface area contributed by atoms with Crippen molar-refractivity contribution in [3.8, 4) is 11.5 Å². The fraction of sp³-hybridized carbons (Fsp3) is 0.304. The lowest BCUT2D eigenvalue weighted by Gasteiger charge is -2.19. The lowest BCUT2D eigenvalue weighted by molar-refractivity contribution is 0.0764. The van der Waals surface area contributed by atoms with E-state index in [1.165, 1.54) is 12.1 Å². The van der Waals surface area contributed by atoms with Gasteiger partial charge >= 0.3 is 0 Å². The Labute approximate surface area is 186 Å². The molecule has 9 heteroatoms. The number of hydrogen-bond acceptors (Lipinski definition) is 6. The van der Waals surface area contributed by atoms with Crippen LogP contribution in [0.2, 0.25) is 0 Å². The van der Waals surface area contributed by atoms with Crippen LogP contribution in [0, 0.1) is 5.82 Å². The van der Waals surface area contributed by atoms with E-state index in [1.54, 1.807) is 35.4 Å². The summed E-state index contributed by atoms with van der Waals surface area (Å²) in [6, 6.07) is 9.54. The Hall–Kier alpha value is -2.80. The highest BCUT2D eigenvalue weighted by Gasteiger charge is 2.36. The van der Waals surface area contributed by atoms with E-state index < -0.39 is 8.38 Å². The van der Waals surface area contributed by atoms with Crippen molar-refractivity contribution in [3.63, 3.8) is 0 Å². The largest absolute Gasteiger partial charge is 0.505 e.